The van der Waals surface area contributed by atoms with Crippen LogP contribution in [0.25, 0.3) is 0 Å². The van der Waals surface area contributed by atoms with Crippen molar-refractivity contribution in [2.24, 2.45) is 0 Å². The van der Waals surface area contributed by atoms with Crippen LogP contribution >= 0.6 is 0 Å². The van der Waals surface area contributed by atoms with Crippen molar-refractivity contribution >= 4 is 5.69 Å². The predicted octanol–water partition coefficient (Wildman–Crippen LogP) is 0.292. The van der Waals surface area contributed by atoms with E-state index in [9.17, 15) is 0 Å². The van der Waals surface area contributed by atoms with Crippen molar-refractivity contribution < 1.29 is 14.1 Å². The van der Waals surface area contributed by atoms with Crippen LogP contribution in [0.4, 0.5) is 5.69 Å². The first-order valence-corrected chi connectivity index (χ1v) is 7.26. The van der Waals surface area contributed by atoms with Crippen LogP contribution in [0.15, 0.2) is 28.7 Å². The molecule has 1 aromatic carbocycles. The summed E-state index contributed by atoms with van der Waals surface area (Å²) in [6.45, 7) is 6.82. The minimum absolute atomic E-state index is 0.638. The number of methoxy groups -OCH3 is 1. The zero-order chi connectivity index (χ0) is 14.7. The van der Waals surface area contributed by atoms with Crippen LogP contribution in [0.2, 0.25) is 0 Å². The Labute approximate surface area is 124 Å². The summed E-state index contributed by atoms with van der Waals surface area (Å²) >= 11 is 0. The molecule has 3 rings (SSSR count). The lowest BCUT2D eigenvalue weighted by molar-refractivity contribution is -0.915. The van der Waals surface area contributed by atoms with Crippen LogP contribution in [0.1, 0.15) is 11.8 Å². The molecule has 0 bridgehead atoms. The molecule has 2 heterocycles. The molecule has 112 valence electrons. The van der Waals surface area contributed by atoms with E-state index in [-0.39, 0.29) is 0 Å². The molecule has 0 atom stereocenters. The zero-order valence-corrected chi connectivity index (χ0v) is 12.5. The molecule has 0 aliphatic carbocycles. The predicted molar refractivity (Wildman–Crippen MR) is 78.6 cm³/mol. The lowest BCUT2D eigenvalue weighted by Crippen LogP contribution is -3.13. The first-order valence-electron chi connectivity index (χ1n) is 7.26. The van der Waals surface area contributed by atoms with Gasteiger partial charge < -0.3 is 19.0 Å². The summed E-state index contributed by atoms with van der Waals surface area (Å²) in [5.41, 5.74) is 1.22. The molecule has 1 aliphatic rings. The highest BCUT2D eigenvalue weighted by Crippen LogP contribution is 2.20. The average molecular weight is 289 g/mol. The van der Waals surface area contributed by atoms with E-state index in [2.05, 4.69) is 27.2 Å². The molecule has 0 amide bonds. The molecule has 6 heteroatoms. The molecule has 1 aromatic heterocycles. The first-order chi connectivity index (χ1) is 10.2. The zero-order valence-electron chi connectivity index (χ0n) is 12.5. The number of anilines is 1. The fourth-order valence-electron chi connectivity index (χ4n) is 2.69. The Balaban J connectivity index is 1.57. The lowest BCUT2D eigenvalue weighted by atomic mass is 10.2. The van der Waals surface area contributed by atoms with Crippen molar-refractivity contribution in [3.63, 3.8) is 0 Å². The summed E-state index contributed by atoms with van der Waals surface area (Å²) in [5, 5.41) is 7.95. The van der Waals surface area contributed by atoms with Gasteiger partial charge in [-0.25, -0.2) is 0 Å². The van der Waals surface area contributed by atoms with Gasteiger partial charge in [0.25, 0.3) is 5.89 Å². The number of benzene rings is 1. The van der Waals surface area contributed by atoms with Gasteiger partial charge in [-0.3, -0.25) is 0 Å². The van der Waals surface area contributed by atoms with E-state index in [0.717, 1.165) is 44.4 Å². The Morgan fingerprint density at radius 2 is 2.10 bits per heavy atom. The number of hydrogen-bond donors (Lipinski definition) is 1. The van der Waals surface area contributed by atoms with E-state index >= 15 is 0 Å². The van der Waals surface area contributed by atoms with Gasteiger partial charge in [0, 0.05) is 18.7 Å². The highest BCUT2D eigenvalue weighted by atomic mass is 16.5. The van der Waals surface area contributed by atoms with Gasteiger partial charge in [-0.15, -0.1) is 10.2 Å². The van der Waals surface area contributed by atoms with Crippen molar-refractivity contribution in [1.82, 2.24) is 10.2 Å². The fraction of sp³-hybridized carbons (Fsp3) is 0.467. The number of aromatic nitrogens is 2. The maximum Gasteiger partial charge on any atom is 0.271 e. The standard InChI is InChI=1S/C15H20N4O2/c1-12-16-17-15(21-12)11-18-6-8-19(9-7-18)13-4-3-5-14(10-13)20-2/h3-5,10H,6-9,11H2,1-2H3/p+1. The van der Waals surface area contributed by atoms with Crippen molar-refractivity contribution in [2.75, 3.05) is 38.2 Å². The number of ether oxygens (including phenoxy) is 1. The molecule has 1 fully saturated rings. The van der Waals surface area contributed by atoms with Crippen LogP contribution in [-0.2, 0) is 6.54 Å². The smallest absolute Gasteiger partial charge is 0.271 e. The van der Waals surface area contributed by atoms with E-state index in [1.165, 1.54) is 10.6 Å². The van der Waals surface area contributed by atoms with Gasteiger partial charge in [0.1, 0.15) is 5.75 Å². The van der Waals surface area contributed by atoms with Crippen molar-refractivity contribution in [3.05, 3.63) is 36.0 Å². The Bertz CT molecular complexity index is 591. The topological polar surface area (TPSA) is 55.8 Å². The van der Waals surface area contributed by atoms with Gasteiger partial charge in [-0.1, -0.05) is 6.07 Å². The lowest BCUT2D eigenvalue weighted by Gasteiger charge is -2.33. The van der Waals surface area contributed by atoms with Crippen LogP contribution in [0.3, 0.4) is 0 Å². The highest BCUT2D eigenvalue weighted by molar-refractivity contribution is 5.50. The SMILES string of the molecule is COc1cccc(N2CC[NH+](Cc3nnc(C)o3)CC2)c1. The number of nitrogens with one attached hydrogen (secondary N) is 1. The normalized spacial score (nSPS) is 16.2. The molecule has 1 N–H and O–H groups in total. The minimum Gasteiger partial charge on any atom is -0.497 e. The number of quaternary nitrogens is 1. The van der Waals surface area contributed by atoms with Gasteiger partial charge in [0.05, 0.1) is 33.3 Å². The first kappa shape index (κ1) is 13.9. The van der Waals surface area contributed by atoms with E-state index < -0.39 is 0 Å². The molecule has 2 aromatic rings. The van der Waals surface area contributed by atoms with Crippen molar-refractivity contribution in [3.8, 4) is 5.75 Å². The maximum absolute atomic E-state index is 5.45. The fourth-order valence-corrected chi connectivity index (χ4v) is 2.69. The molecule has 0 radical (unpaired) electrons. The second-order valence-electron chi connectivity index (χ2n) is 5.33. The molecule has 1 saturated heterocycles. The van der Waals surface area contributed by atoms with Gasteiger partial charge in [-0.05, 0) is 12.1 Å². The molecule has 6 nitrogen and oxygen atoms in total. The Morgan fingerprint density at radius 3 is 2.76 bits per heavy atom. The summed E-state index contributed by atoms with van der Waals surface area (Å²) in [4.78, 5) is 3.88. The molecular weight excluding hydrogens is 268 g/mol. The van der Waals surface area contributed by atoms with Crippen LogP contribution < -0.4 is 14.5 Å². The van der Waals surface area contributed by atoms with Gasteiger partial charge in [0.2, 0.25) is 5.89 Å². The number of nitrogens with zero attached hydrogens (tertiary/aromatic N) is 3. The van der Waals surface area contributed by atoms with E-state index in [4.69, 9.17) is 9.15 Å². The maximum atomic E-state index is 5.45. The van der Waals surface area contributed by atoms with Gasteiger partial charge >= 0.3 is 0 Å². The summed E-state index contributed by atoms with van der Waals surface area (Å²) in [6.07, 6.45) is 0. The van der Waals surface area contributed by atoms with Gasteiger partial charge in [-0.2, -0.15) is 0 Å². The Morgan fingerprint density at radius 1 is 1.29 bits per heavy atom. The molecule has 0 unspecified atom stereocenters. The van der Waals surface area contributed by atoms with Gasteiger partial charge in [0.15, 0.2) is 6.54 Å². The number of rotatable bonds is 4. The Kier molecular flexibility index (Phi) is 4.06. The van der Waals surface area contributed by atoms with E-state index in [1.54, 1.807) is 7.11 Å². The second kappa shape index (κ2) is 6.13. The van der Waals surface area contributed by atoms with Crippen molar-refractivity contribution in [1.29, 1.82) is 0 Å². The monoisotopic (exact) mass is 289 g/mol. The van der Waals surface area contributed by atoms with Crippen molar-refractivity contribution in [2.45, 2.75) is 13.5 Å². The summed E-state index contributed by atoms with van der Waals surface area (Å²) < 4.78 is 10.7. The van der Waals surface area contributed by atoms with Crippen LogP contribution in [-0.4, -0.2) is 43.5 Å². The number of hydrogen-bond acceptors (Lipinski definition) is 5. The Hall–Kier alpha value is -2.08. The van der Waals surface area contributed by atoms with E-state index in [1.807, 2.05) is 19.1 Å². The molecular formula is C15H21N4O2+. The molecule has 0 saturated carbocycles. The molecule has 21 heavy (non-hydrogen) atoms. The third kappa shape index (κ3) is 3.33. The third-order valence-corrected chi connectivity index (χ3v) is 3.86. The summed E-state index contributed by atoms with van der Waals surface area (Å²) in [5.74, 6) is 2.28. The summed E-state index contributed by atoms with van der Waals surface area (Å²) in [6, 6.07) is 8.23. The molecule has 1 aliphatic heterocycles. The number of aryl methyl sites for hydroxylation is 1. The molecule has 0 spiro atoms. The van der Waals surface area contributed by atoms with Crippen LogP contribution in [0, 0.1) is 6.92 Å². The summed E-state index contributed by atoms with van der Waals surface area (Å²) in [7, 11) is 1.70. The van der Waals surface area contributed by atoms with E-state index in [0.29, 0.717) is 5.89 Å². The van der Waals surface area contributed by atoms with Crippen LogP contribution in [0.5, 0.6) is 5.75 Å². The number of piperazine rings is 1. The average Bonchev–Trinajstić information content (AvgIpc) is 2.93. The highest BCUT2D eigenvalue weighted by Gasteiger charge is 2.22. The second-order valence-corrected chi connectivity index (χ2v) is 5.33. The minimum atomic E-state index is 0.638. The third-order valence-electron chi connectivity index (χ3n) is 3.86. The largest absolute Gasteiger partial charge is 0.497 e. The quantitative estimate of drug-likeness (QED) is 0.877.